The molecule has 0 atom stereocenters. The zero-order chi connectivity index (χ0) is 20.3. The highest BCUT2D eigenvalue weighted by molar-refractivity contribution is 7.92. The van der Waals surface area contributed by atoms with Gasteiger partial charge in [-0.3, -0.25) is 9.10 Å². The largest absolute Gasteiger partial charge is 0.341 e. The minimum absolute atomic E-state index is 0.106. The SMILES string of the molecule is Cc1cccc(N(CC(=O)N(C)C2CCCC2)S(=O)(=O)c2ccc(Cl)cc2)c1. The second kappa shape index (κ2) is 8.53. The van der Waals surface area contributed by atoms with E-state index in [4.69, 9.17) is 11.6 Å². The van der Waals surface area contributed by atoms with Crippen molar-refractivity contribution in [3.8, 4) is 0 Å². The zero-order valence-corrected chi connectivity index (χ0v) is 17.7. The third kappa shape index (κ3) is 4.50. The fourth-order valence-corrected chi connectivity index (χ4v) is 5.09. The molecule has 0 aliphatic heterocycles. The van der Waals surface area contributed by atoms with Crippen LogP contribution in [0, 0.1) is 6.92 Å². The lowest BCUT2D eigenvalue weighted by Gasteiger charge is -2.29. The van der Waals surface area contributed by atoms with Crippen LogP contribution in [-0.2, 0) is 14.8 Å². The molecule has 3 rings (SSSR count). The molecule has 0 spiro atoms. The van der Waals surface area contributed by atoms with E-state index in [1.165, 1.54) is 28.6 Å². The molecule has 0 N–H and O–H groups in total. The van der Waals surface area contributed by atoms with Gasteiger partial charge in [0, 0.05) is 18.1 Å². The Morgan fingerprint density at radius 2 is 1.75 bits per heavy atom. The first-order chi connectivity index (χ1) is 13.3. The average molecular weight is 421 g/mol. The van der Waals surface area contributed by atoms with Crippen molar-refractivity contribution in [2.75, 3.05) is 17.9 Å². The van der Waals surface area contributed by atoms with Crippen LogP contribution in [-0.4, -0.2) is 38.9 Å². The van der Waals surface area contributed by atoms with Crippen molar-refractivity contribution in [1.29, 1.82) is 0 Å². The van der Waals surface area contributed by atoms with Gasteiger partial charge < -0.3 is 4.90 Å². The van der Waals surface area contributed by atoms with Crippen molar-refractivity contribution < 1.29 is 13.2 Å². The van der Waals surface area contributed by atoms with Gasteiger partial charge in [0.15, 0.2) is 0 Å². The molecular weight excluding hydrogens is 396 g/mol. The normalized spacial score (nSPS) is 14.8. The minimum atomic E-state index is -3.91. The summed E-state index contributed by atoms with van der Waals surface area (Å²) in [5.74, 6) is -0.203. The lowest BCUT2D eigenvalue weighted by atomic mass is 10.2. The number of sulfonamides is 1. The molecule has 1 aliphatic rings. The quantitative estimate of drug-likeness (QED) is 0.702. The highest BCUT2D eigenvalue weighted by Crippen LogP contribution is 2.27. The average Bonchev–Trinajstić information content (AvgIpc) is 3.20. The van der Waals surface area contributed by atoms with Gasteiger partial charge in [-0.25, -0.2) is 8.42 Å². The lowest BCUT2D eigenvalue weighted by molar-refractivity contribution is -0.130. The number of halogens is 1. The Morgan fingerprint density at radius 3 is 2.36 bits per heavy atom. The maximum atomic E-state index is 13.3. The van der Waals surface area contributed by atoms with Crippen LogP contribution in [0.5, 0.6) is 0 Å². The molecule has 1 saturated carbocycles. The van der Waals surface area contributed by atoms with Crippen LogP contribution in [0.3, 0.4) is 0 Å². The fourth-order valence-electron chi connectivity index (χ4n) is 3.56. The molecule has 0 unspecified atom stereocenters. The summed E-state index contributed by atoms with van der Waals surface area (Å²) in [7, 11) is -2.15. The van der Waals surface area contributed by atoms with Gasteiger partial charge in [-0.1, -0.05) is 36.6 Å². The molecule has 1 amide bonds. The van der Waals surface area contributed by atoms with Crippen LogP contribution in [0.1, 0.15) is 31.2 Å². The number of carbonyl (C=O) groups is 1. The first-order valence-corrected chi connectivity index (χ1v) is 11.2. The van der Waals surface area contributed by atoms with Gasteiger partial charge in [0.2, 0.25) is 5.91 Å². The maximum Gasteiger partial charge on any atom is 0.264 e. The first-order valence-electron chi connectivity index (χ1n) is 9.39. The number of nitrogens with zero attached hydrogens (tertiary/aromatic N) is 2. The lowest BCUT2D eigenvalue weighted by Crippen LogP contribution is -2.44. The summed E-state index contributed by atoms with van der Waals surface area (Å²) in [4.78, 5) is 14.7. The van der Waals surface area contributed by atoms with Crippen molar-refractivity contribution >= 4 is 33.2 Å². The van der Waals surface area contributed by atoms with Gasteiger partial charge in [0.05, 0.1) is 10.6 Å². The molecule has 1 fully saturated rings. The van der Waals surface area contributed by atoms with E-state index in [1.807, 2.05) is 13.0 Å². The monoisotopic (exact) mass is 420 g/mol. The summed E-state index contributed by atoms with van der Waals surface area (Å²) in [6.07, 6.45) is 4.15. The van der Waals surface area contributed by atoms with E-state index >= 15 is 0 Å². The number of anilines is 1. The Labute approximate surface area is 172 Å². The van der Waals surface area contributed by atoms with Gasteiger partial charge in [0.25, 0.3) is 10.0 Å². The van der Waals surface area contributed by atoms with E-state index in [-0.39, 0.29) is 23.4 Å². The summed E-state index contributed by atoms with van der Waals surface area (Å²) in [6.45, 7) is 1.66. The third-order valence-corrected chi connectivity index (χ3v) is 7.28. The van der Waals surface area contributed by atoms with Crippen LogP contribution >= 0.6 is 11.6 Å². The van der Waals surface area contributed by atoms with Gasteiger partial charge in [-0.15, -0.1) is 0 Å². The van der Waals surface area contributed by atoms with Gasteiger partial charge >= 0.3 is 0 Å². The van der Waals surface area contributed by atoms with Crippen molar-refractivity contribution in [1.82, 2.24) is 4.90 Å². The second-order valence-corrected chi connectivity index (χ2v) is 9.55. The topological polar surface area (TPSA) is 57.7 Å². The molecule has 0 heterocycles. The van der Waals surface area contributed by atoms with Gasteiger partial charge in [0.1, 0.15) is 6.54 Å². The predicted octanol–water partition coefficient (Wildman–Crippen LogP) is 4.24. The summed E-state index contributed by atoms with van der Waals surface area (Å²) in [5, 5.41) is 0.457. The molecule has 150 valence electrons. The molecule has 0 radical (unpaired) electrons. The van der Waals surface area contributed by atoms with Crippen molar-refractivity contribution in [3.63, 3.8) is 0 Å². The van der Waals surface area contributed by atoms with Crippen LogP contribution in [0.4, 0.5) is 5.69 Å². The molecular formula is C21H25ClN2O3S. The second-order valence-electron chi connectivity index (χ2n) is 7.25. The summed E-state index contributed by atoms with van der Waals surface area (Å²) < 4.78 is 27.9. The fraction of sp³-hybridized carbons (Fsp3) is 0.381. The predicted molar refractivity (Wildman–Crippen MR) is 112 cm³/mol. The van der Waals surface area contributed by atoms with E-state index in [2.05, 4.69) is 0 Å². The van der Waals surface area contributed by atoms with Crippen LogP contribution in [0.15, 0.2) is 53.4 Å². The number of benzene rings is 2. The standard InChI is InChI=1S/C21H25ClN2O3S/c1-16-6-5-9-19(14-16)24(15-21(25)23(2)18-7-3-4-8-18)28(26,27)20-12-10-17(22)11-13-20/h5-6,9-14,18H,3-4,7-8,15H2,1-2H3. The van der Waals surface area contributed by atoms with E-state index in [1.54, 1.807) is 30.1 Å². The highest BCUT2D eigenvalue weighted by atomic mass is 35.5. The number of aryl methyl sites for hydroxylation is 1. The Morgan fingerprint density at radius 1 is 1.11 bits per heavy atom. The Balaban J connectivity index is 1.95. The summed E-state index contributed by atoms with van der Waals surface area (Å²) >= 11 is 5.91. The molecule has 0 aromatic heterocycles. The van der Waals surface area contributed by atoms with Crippen molar-refractivity contribution in [2.24, 2.45) is 0 Å². The third-order valence-electron chi connectivity index (χ3n) is 5.24. The van der Waals surface area contributed by atoms with E-state index in [9.17, 15) is 13.2 Å². The number of amides is 1. The molecule has 2 aromatic rings. The first kappa shape index (κ1) is 20.7. The van der Waals surface area contributed by atoms with E-state index in [0.717, 1.165) is 31.2 Å². The van der Waals surface area contributed by atoms with Crippen LogP contribution in [0.25, 0.3) is 0 Å². The molecule has 2 aromatic carbocycles. The summed E-state index contributed by atoms with van der Waals surface area (Å²) in [6, 6.07) is 13.4. The van der Waals surface area contributed by atoms with E-state index in [0.29, 0.717) is 10.7 Å². The molecule has 0 bridgehead atoms. The van der Waals surface area contributed by atoms with E-state index < -0.39 is 10.0 Å². The number of hydrogen-bond acceptors (Lipinski definition) is 3. The van der Waals surface area contributed by atoms with Gasteiger partial charge in [-0.2, -0.15) is 0 Å². The highest BCUT2D eigenvalue weighted by Gasteiger charge is 2.30. The number of carbonyl (C=O) groups excluding carboxylic acids is 1. The van der Waals surface area contributed by atoms with Gasteiger partial charge in [-0.05, 0) is 61.7 Å². The van der Waals surface area contributed by atoms with Crippen LogP contribution in [0.2, 0.25) is 5.02 Å². The summed E-state index contributed by atoms with van der Waals surface area (Å²) in [5.41, 5.74) is 1.40. The Kier molecular flexibility index (Phi) is 6.30. The molecule has 0 saturated heterocycles. The molecule has 7 heteroatoms. The smallest absolute Gasteiger partial charge is 0.264 e. The molecule has 1 aliphatic carbocycles. The molecule has 5 nitrogen and oxygen atoms in total. The van der Waals surface area contributed by atoms with Crippen LogP contribution < -0.4 is 4.31 Å². The van der Waals surface area contributed by atoms with Crippen molar-refractivity contribution in [2.45, 2.75) is 43.5 Å². The number of hydrogen-bond donors (Lipinski definition) is 0. The Bertz CT molecular complexity index is 938. The number of likely N-dealkylation sites (N-methyl/N-ethyl adjacent to an activating group) is 1. The zero-order valence-electron chi connectivity index (χ0n) is 16.1. The molecule has 28 heavy (non-hydrogen) atoms. The Hall–Kier alpha value is -2.05. The minimum Gasteiger partial charge on any atom is -0.341 e. The van der Waals surface area contributed by atoms with Crippen molar-refractivity contribution in [3.05, 3.63) is 59.1 Å². The number of rotatable bonds is 6. The maximum absolute atomic E-state index is 13.3.